The quantitative estimate of drug-likeness (QED) is 0.417. The molecule has 2 aliphatic heterocycles. The van der Waals surface area contributed by atoms with Crippen molar-refractivity contribution in [3.05, 3.63) is 0 Å². The molecule has 0 bridgehead atoms. The minimum Gasteiger partial charge on any atom is -0.361 e. The molecule has 2 atom stereocenters. The molecule has 0 unspecified atom stereocenters. The van der Waals surface area contributed by atoms with E-state index in [2.05, 4.69) is 23.3 Å². The highest BCUT2D eigenvalue weighted by Crippen LogP contribution is 2.25. The summed E-state index contributed by atoms with van der Waals surface area (Å²) in [6, 6.07) is 0. The van der Waals surface area contributed by atoms with Gasteiger partial charge in [-0.25, -0.2) is 0 Å². The van der Waals surface area contributed by atoms with Crippen LogP contribution < -0.4 is 10.6 Å². The monoisotopic (exact) mass is 188 g/mol. The van der Waals surface area contributed by atoms with E-state index in [1.807, 2.05) is 0 Å². The van der Waals surface area contributed by atoms with Gasteiger partial charge in [0.2, 0.25) is 5.91 Å². The van der Waals surface area contributed by atoms with E-state index < -0.39 is 0 Å². The molecule has 5 heteroatoms. The number of hydrogen-bond donors (Lipinski definition) is 3. The van der Waals surface area contributed by atoms with Crippen molar-refractivity contribution in [1.29, 1.82) is 0 Å². The van der Waals surface area contributed by atoms with E-state index in [-0.39, 0.29) is 23.4 Å². The third-order valence-electron chi connectivity index (χ3n) is 2.44. The fourth-order valence-electron chi connectivity index (χ4n) is 1.61. The van der Waals surface area contributed by atoms with Crippen molar-refractivity contribution in [2.24, 2.45) is 0 Å². The Morgan fingerprint density at radius 1 is 1.58 bits per heavy atom. The SMILES string of the molecule is O=C1CO[C@@]2(CNC[C@@H]2S)CN1. The molecule has 0 aromatic carbocycles. The summed E-state index contributed by atoms with van der Waals surface area (Å²) in [6.45, 7) is 2.37. The molecule has 1 spiro atoms. The zero-order valence-electron chi connectivity index (χ0n) is 6.67. The summed E-state index contributed by atoms with van der Waals surface area (Å²) in [6.07, 6.45) is 0. The van der Waals surface area contributed by atoms with E-state index >= 15 is 0 Å². The first-order valence-corrected chi connectivity index (χ1v) is 4.54. The van der Waals surface area contributed by atoms with E-state index in [9.17, 15) is 4.79 Å². The summed E-state index contributed by atoms with van der Waals surface area (Å²) in [4.78, 5) is 10.8. The van der Waals surface area contributed by atoms with Crippen molar-refractivity contribution in [2.45, 2.75) is 10.9 Å². The van der Waals surface area contributed by atoms with E-state index in [1.54, 1.807) is 0 Å². The van der Waals surface area contributed by atoms with Gasteiger partial charge in [-0.1, -0.05) is 0 Å². The number of hydrogen-bond acceptors (Lipinski definition) is 4. The summed E-state index contributed by atoms with van der Waals surface area (Å²) in [5.41, 5.74) is -0.267. The lowest BCUT2D eigenvalue weighted by molar-refractivity contribution is -0.140. The molecule has 0 saturated carbocycles. The van der Waals surface area contributed by atoms with Crippen molar-refractivity contribution in [1.82, 2.24) is 10.6 Å². The standard InChI is InChI=1S/C7H12N2O2S/c10-6-2-11-7(4-9-6)3-8-1-5(7)12/h5,8,12H,1-4H2,(H,9,10)/t5-,7-/m0/s1. The lowest BCUT2D eigenvalue weighted by Gasteiger charge is -2.35. The second kappa shape index (κ2) is 2.90. The van der Waals surface area contributed by atoms with Crippen LogP contribution in [0.5, 0.6) is 0 Å². The average Bonchev–Trinajstić information content (AvgIpc) is 2.41. The number of nitrogens with one attached hydrogen (secondary N) is 2. The first-order valence-electron chi connectivity index (χ1n) is 4.02. The first kappa shape index (κ1) is 8.34. The number of amides is 1. The minimum absolute atomic E-state index is 0.0342. The highest BCUT2D eigenvalue weighted by molar-refractivity contribution is 7.81. The summed E-state index contributed by atoms with van der Waals surface area (Å²) in [5, 5.41) is 6.17. The fourth-order valence-corrected chi connectivity index (χ4v) is 2.00. The van der Waals surface area contributed by atoms with Crippen LogP contribution in [0.1, 0.15) is 0 Å². The molecule has 4 nitrogen and oxygen atoms in total. The van der Waals surface area contributed by atoms with Crippen LogP contribution in [0, 0.1) is 0 Å². The highest BCUT2D eigenvalue weighted by Gasteiger charge is 2.44. The van der Waals surface area contributed by atoms with E-state index in [0.717, 1.165) is 13.1 Å². The van der Waals surface area contributed by atoms with Crippen LogP contribution >= 0.6 is 12.6 Å². The number of thiol groups is 1. The Morgan fingerprint density at radius 3 is 2.92 bits per heavy atom. The topological polar surface area (TPSA) is 50.4 Å². The molecule has 68 valence electrons. The Balaban J connectivity index is 2.06. The fraction of sp³-hybridized carbons (Fsp3) is 0.857. The van der Waals surface area contributed by atoms with Crippen LogP contribution in [0.15, 0.2) is 0 Å². The van der Waals surface area contributed by atoms with Gasteiger partial charge < -0.3 is 15.4 Å². The number of rotatable bonds is 0. The van der Waals surface area contributed by atoms with Crippen LogP contribution in [-0.2, 0) is 9.53 Å². The smallest absolute Gasteiger partial charge is 0.246 e. The number of carbonyl (C=O) groups is 1. The van der Waals surface area contributed by atoms with Crippen LogP contribution in [0.3, 0.4) is 0 Å². The van der Waals surface area contributed by atoms with Gasteiger partial charge in [-0.3, -0.25) is 4.79 Å². The maximum absolute atomic E-state index is 10.8. The molecule has 2 saturated heterocycles. The summed E-state index contributed by atoms with van der Waals surface area (Å²) >= 11 is 4.41. The summed E-state index contributed by atoms with van der Waals surface area (Å²) in [5.74, 6) is -0.0342. The largest absolute Gasteiger partial charge is 0.361 e. The van der Waals surface area contributed by atoms with Gasteiger partial charge in [-0.05, 0) is 0 Å². The Labute approximate surface area is 76.4 Å². The zero-order valence-corrected chi connectivity index (χ0v) is 7.56. The van der Waals surface area contributed by atoms with Gasteiger partial charge in [0.25, 0.3) is 0 Å². The van der Waals surface area contributed by atoms with Crippen molar-refractivity contribution in [3.8, 4) is 0 Å². The molecule has 12 heavy (non-hydrogen) atoms. The molecule has 0 aromatic rings. The first-order chi connectivity index (χ1) is 5.73. The molecule has 2 N–H and O–H groups in total. The van der Waals surface area contributed by atoms with E-state index in [0.29, 0.717) is 6.54 Å². The van der Waals surface area contributed by atoms with Crippen LogP contribution in [0.4, 0.5) is 0 Å². The molecule has 0 aromatic heterocycles. The minimum atomic E-state index is -0.267. The summed E-state index contributed by atoms with van der Waals surface area (Å²) in [7, 11) is 0. The molecule has 2 heterocycles. The Morgan fingerprint density at radius 2 is 2.42 bits per heavy atom. The normalized spacial score (nSPS) is 41.8. The van der Waals surface area contributed by atoms with Gasteiger partial charge in [-0.15, -0.1) is 0 Å². The lowest BCUT2D eigenvalue weighted by atomic mass is 10.0. The third kappa shape index (κ3) is 1.22. The Bertz CT molecular complexity index is 200. The molecule has 2 aliphatic rings. The van der Waals surface area contributed by atoms with Crippen molar-refractivity contribution < 1.29 is 9.53 Å². The number of carbonyl (C=O) groups excluding carboxylic acids is 1. The third-order valence-corrected chi connectivity index (χ3v) is 3.10. The van der Waals surface area contributed by atoms with Gasteiger partial charge in [0.1, 0.15) is 12.2 Å². The van der Waals surface area contributed by atoms with Gasteiger partial charge in [-0.2, -0.15) is 12.6 Å². The lowest BCUT2D eigenvalue weighted by Crippen LogP contribution is -2.57. The highest BCUT2D eigenvalue weighted by atomic mass is 32.1. The summed E-state index contributed by atoms with van der Waals surface area (Å²) < 4.78 is 5.50. The molecule has 2 fully saturated rings. The maximum Gasteiger partial charge on any atom is 0.246 e. The second-order valence-electron chi connectivity index (χ2n) is 3.28. The van der Waals surface area contributed by atoms with Gasteiger partial charge >= 0.3 is 0 Å². The van der Waals surface area contributed by atoms with Crippen molar-refractivity contribution in [2.75, 3.05) is 26.2 Å². The Kier molecular flexibility index (Phi) is 2.02. The molecule has 0 aliphatic carbocycles. The molecular formula is C7H12N2O2S. The van der Waals surface area contributed by atoms with Crippen LogP contribution in [-0.4, -0.2) is 43.0 Å². The maximum atomic E-state index is 10.8. The number of ether oxygens (including phenoxy) is 1. The van der Waals surface area contributed by atoms with Gasteiger partial charge in [0, 0.05) is 24.9 Å². The Hall–Kier alpha value is -0.260. The van der Waals surface area contributed by atoms with E-state index in [1.165, 1.54) is 0 Å². The average molecular weight is 188 g/mol. The predicted octanol–water partition coefficient (Wildman–Crippen LogP) is -1.23. The molecule has 2 rings (SSSR count). The zero-order chi connectivity index (χ0) is 8.60. The van der Waals surface area contributed by atoms with E-state index in [4.69, 9.17) is 4.74 Å². The van der Waals surface area contributed by atoms with Crippen LogP contribution in [0.2, 0.25) is 0 Å². The van der Waals surface area contributed by atoms with Crippen molar-refractivity contribution >= 4 is 18.5 Å². The molecule has 0 radical (unpaired) electrons. The van der Waals surface area contributed by atoms with Crippen molar-refractivity contribution in [3.63, 3.8) is 0 Å². The van der Waals surface area contributed by atoms with Crippen LogP contribution in [0.25, 0.3) is 0 Å². The van der Waals surface area contributed by atoms with Gasteiger partial charge in [0.05, 0.1) is 0 Å². The molecule has 1 amide bonds. The molecular weight excluding hydrogens is 176 g/mol. The number of morpholine rings is 1. The van der Waals surface area contributed by atoms with Gasteiger partial charge in [0.15, 0.2) is 0 Å². The predicted molar refractivity (Wildman–Crippen MR) is 47.3 cm³/mol. The second-order valence-corrected chi connectivity index (χ2v) is 3.90.